The third-order valence-corrected chi connectivity index (χ3v) is 2.99. The fourth-order valence-electron chi connectivity index (χ4n) is 2.10. The van der Waals surface area contributed by atoms with Gasteiger partial charge >= 0.3 is 0 Å². The average molecular weight is 282 g/mol. The first-order chi connectivity index (χ1) is 10.1. The van der Waals surface area contributed by atoms with Gasteiger partial charge in [0.25, 0.3) is 5.70 Å². The van der Waals surface area contributed by atoms with E-state index in [0.717, 1.165) is 5.56 Å². The second kappa shape index (κ2) is 6.07. The van der Waals surface area contributed by atoms with Crippen LogP contribution in [-0.2, 0) is 4.84 Å². The second-order valence-electron chi connectivity index (χ2n) is 4.40. The Labute approximate surface area is 122 Å². The third-order valence-electron chi connectivity index (χ3n) is 2.99. The standard InChI is InChI=1S/C16H14N2O3/c1-4-10-21-17-13(3)15(18(19)20)11-12(2)16(17)14-8-6-5-7-9-14/h1,5-9,11H,3,10H2,2H3. The zero-order chi connectivity index (χ0) is 15.4. The molecule has 5 heteroatoms. The van der Waals surface area contributed by atoms with Crippen LogP contribution >= 0.6 is 0 Å². The van der Waals surface area contributed by atoms with Crippen LogP contribution in [0, 0.1) is 22.5 Å². The molecule has 1 aromatic carbocycles. The number of hydroxylamine groups is 2. The van der Waals surface area contributed by atoms with E-state index in [1.807, 2.05) is 30.3 Å². The number of nitrogens with zero attached hydrogens (tertiary/aromatic N) is 2. The maximum absolute atomic E-state index is 11.1. The van der Waals surface area contributed by atoms with Gasteiger partial charge in [-0.05, 0) is 12.5 Å². The Morgan fingerprint density at radius 2 is 2.10 bits per heavy atom. The van der Waals surface area contributed by atoms with Crippen LogP contribution in [0.4, 0.5) is 0 Å². The lowest BCUT2D eigenvalue weighted by Crippen LogP contribution is -2.28. The average Bonchev–Trinajstić information content (AvgIpc) is 2.48. The molecule has 0 N–H and O–H groups in total. The molecule has 1 heterocycles. The van der Waals surface area contributed by atoms with Gasteiger partial charge in [0.05, 0.1) is 10.6 Å². The summed E-state index contributed by atoms with van der Waals surface area (Å²) in [6.07, 6.45) is 6.69. The number of hydrogen-bond donors (Lipinski definition) is 0. The molecule has 5 nitrogen and oxygen atoms in total. The van der Waals surface area contributed by atoms with Gasteiger partial charge in [-0.25, -0.2) is 5.06 Å². The van der Waals surface area contributed by atoms with Gasteiger partial charge in [0, 0.05) is 11.6 Å². The summed E-state index contributed by atoms with van der Waals surface area (Å²) >= 11 is 0. The van der Waals surface area contributed by atoms with Crippen molar-refractivity contribution < 1.29 is 9.76 Å². The Bertz CT molecular complexity index is 681. The lowest BCUT2D eigenvalue weighted by molar-refractivity contribution is -0.424. The predicted octanol–water partition coefficient (Wildman–Crippen LogP) is 2.97. The van der Waals surface area contributed by atoms with Crippen LogP contribution < -0.4 is 0 Å². The summed E-state index contributed by atoms with van der Waals surface area (Å²) in [5.74, 6) is 2.35. The number of terminal acetylenes is 1. The molecule has 0 atom stereocenters. The summed E-state index contributed by atoms with van der Waals surface area (Å²) in [6, 6.07) is 9.43. The molecule has 21 heavy (non-hydrogen) atoms. The van der Waals surface area contributed by atoms with Gasteiger partial charge in [0.1, 0.15) is 12.3 Å². The van der Waals surface area contributed by atoms with Gasteiger partial charge < -0.3 is 0 Å². The summed E-state index contributed by atoms with van der Waals surface area (Å²) in [5, 5.41) is 12.4. The van der Waals surface area contributed by atoms with E-state index in [1.54, 1.807) is 6.92 Å². The highest BCUT2D eigenvalue weighted by atomic mass is 16.7. The van der Waals surface area contributed by atoms with Crippen molar-refractivity contribution in [3.63, 3.8) is 0 Å². The summed E-state index contributed by atoms with van der Waals surface area (Å²) in [6.45, 7) is 5.53. The molecular weight excluding hydrogens is 268 g/mol. The van der Waals surface area contributed by atoms with Crippen LogP contribution in [-0.4, -0.2) is 16.6 Å². The van der Waals surface area contributed by atoms with Crippen molar-refractivity contribution in [1.82, 2.24) is 5.06 Å². The van der Waals surface area contributed by atoms with E-state index >= 15 is 0 Å². The number of hydrogen-bond acceptors (Lipinski definition) is 4. The van der Waals surface area contributed by atoms with Crippen molar-refractivity contribution in [3.05, 3.63) is 75.6 Å². The Hall–Kier alpha value is -2.84. The van der Waals surface area contributed by atoms with Crippen LogP contribution in [0.1, 0.15) is 12.5 Å². The highest BCUT2D eigenvalue weighted by Gasteiger charge is 2.31. The smallest absolute Gasteiger partial charge is 0.258 e. The molecule has 0 bridgehead atoms. The lowest BCUT2D eigenvalue weighted by Gasteiger charge is -2.30. The maximum Gasteiger partial charge on any atom is 0.295 e. The molecule has 0 amide bonds. The Morgan fingerprint density at radius 1 is 1.43 bits per heavy atom. The van der Waals surface area contributed by atoms with Crippen LogP contribution in [0.2, 0.25) is 0 Å². The molecule has 1 aliphatic rings. The van der Waals surface area contributed by atoms with Crippen molar-refractivity contribution in [2.75, 3.05) is 6.61 Å². The van der Waals surface area contributed by atoms with E-state index < -0.39 is 4.92 Å². The highest BCUT2D eigenvalue weighted by molar-refractivity contribution is 5.72. The lowest BCUT2D eigenvalue weighted by atomic mass is 10.0. The molecule has 0 unspecified atom stereocenters. The van der Waals surface area contributed by atoms with Crippen LogP contribution in [0.15, 0.2) is 60.0 Å². The molecule has 0 saturated heterocycles. The van der Waals surface area contributed by atoms with Crippen molar-refractivity contribution in [1.29, 1.82) is 0 Å². The molecular formula is C16H14N2O3. The normalized spacial score (nSPS) is 14.8. The molecule has 2 rings (SSSR count). The largest absolute Gasteiger partial charge is 0.295 e. The third kappa shape index (κ3) is 2.86. The topological polar surface area (TPSA) is 55.6 Å². The fourth-order valence-corrected chi connectivity index (χ4v) is 2.10. The van der Waals surface area contributed by atoms with Crippen molar-refractivity contribution in [2.24, 2.45) is 0 Å². The minimum Gasteiger partial charge on any atom is -0.258 e. The van der Waals surface area contributed by atoms with E-state index in [4.69, 9.17) is 11.3 Å². The van der Waals surface area contributed by atoms with Crippen molar-refractivity contribution >= 4 is 5.70 Å². The molecule has 0 saturated carbocycles. The predicted molar refractivity (Wildman–Crippen MR) is 79.9 cm³/mol. The van der Waals surface area contributed by atoms with Crippen LogP contribution in [0.3, 0.4) is 0 Å². The molecule has 0 aliphatic carbocycles. The van der Waals surface area contributed by atoms with E-state index in [9.17, 15) is 10.1 Å². The summed E-state index contributed by atoms with van der Waals surface area (Å²) in [5.41, 5.74) is 2.31. The van der Waals surface area contributed by atoms with Gasteiger partial charge in [-0.2, -0.15) is 0 Å². The van der Waals surface area contributed by atoms with E-state index in [1.165, 1.54) is 11.1 Å². The second-order valence-corrected chi connectivity index (χ2v) is 4.40. The first kappa shape index (κ1) is 14.6. The van der Waals surface area contributed by atoms with Crippen LogP contribution in [0.25, 0.3) is 5.70 Å². The summed E-state index contributed by atoms with van der Waals surface area (Å²) in [7, 11) is 0. The van der Waals surface area contributed by atoms with Gasteiger partial charge in [-0.15, -0.1) is 6.42 Å². The summed E-state index contributed by atoms with van der Waals surface area (Å²) < 4.78 is 0. The fraction of sp³-hybridized carbons (Fsp3) is 0.125. The number of allylic oxidation sites excluding steroid dienone is 2. The number of nitro groups is 1. The summed E-state index contributed by atoms with van der Waals surface area (Å²) in [4.78, 5) is 16.1. The van der Waals surface area contributed by atoms with E-state index in [2.05, 4.69) is 12.5 Å². The molecule has 106 valence electrons. The minimum absolute atomic E-state index is 0.00632. The highest BCUT2D eigenvalue weighted by Crippen LogP contribution is 2.34. The minimum atomic E-state index is -0.486. The molecule has 1 aliphatic heterocycles. The molecule has 0 spiro atoms. The Morgan fingerprint density at radius 3 is 2.67 bits per heavy atom. The monoisotopic (exact) mass is 282 g/mol. The van der Waals surface area contributed by atoms with E-state index in [0.29, 0.717) is 11.3 Å². The first-order valence-corrected chi connectivity index (χ1v) is 6.24. The van der Waals surface area contributed by atoms with Gasteiger partial charge in [0.2, 0.25) is 0 Å². The number of benzene rings is 1. The van der Waals surface area contributed by atoms with E-state index in [-0.39, 0.29) is 18.0 Å². The molecule has 0 aromatic heterocycles. The maximum atomic E-state index is 11.1. The quantitative estimate of drug-likeness (QED) is 0.484. The van der Waals surface area contributed by atoms with Gasteiger partial charge in [-0.1, -0.05) is 42.8 Å². The zero-order valence-corrected chi connectivity index (χ0v) is 11.6. The van der Waals surface area contributed by atoms with Gasteiger partial charge in [0.15, 0.2) is 0 Å². The number of rotatable bonds is 4. The van der Waals surface area contributed by atoms with Crippen molar-refractivity contribution in [3.8, 4) is 12.3 Å². The van der Waals surface area contributed by atoms with Crippen molar-refractivity contribution in [2.45, 2.75) is 6.92 Å². The van der Waals surface area contributed by atoms with Gasteiger partial charge in [-0.3, -0.25) is 15.0 Å². The molecule has 0 fully saturated rings. The Kier molecular flexibility index (Phi) is 4.21. The first-order valence-electron chi connectivity index (χ1n) is 6.24. The van der Waals surface area contributed by atoms with Crippen LogP contribution in [0.5, 0.6) is 0 Å². The molecule has 1 aromatic rings. The zero-order valence-electron chi connectivity index (χ0n) is 11.6. The SMILES string of the molecule is C#CCON1C(=C)C([N+](=O)[O-])=CC(C)=C1c1ccccc1. The molecule has 0 radical (unpaired) electrons. The Balaban J connectivity index is 2.55.